The van der Waals surface area contributed by atoms with Crippen LogP contribution in [0.3, 0.4) is 0 Å². The van der Waals surface area contributed by atoms with Gasteiger partial charge in [0.15, 0.2) is 0 Å². The lowest BCUT2D eigenvalue weighted by molar-refractivity contribution is -0.137. The van der Waals surface area contributed by atoms with Crippen LogP contribution in [-0.4, -0.2) is 73.5 Å². The molecule has 3 aromatic rings. The first-order chi connectivity index (χ1) is 22.4. The Labute approximate surface area is 273 Å². The predicted octanol–water partition coefficient (Wildman–Crippen LogP) is 7.28. The van der Waals surface area contributed by atoms with Crippen LogP contribution in [0, 0.1) is 5.92 Å². The molecule has 8 heteroatoms. The molecule has 1 aliphatic heterocycles. The van der Waals surface area contributed by atoms with Gasteiger partial charge in [0, 0.05) is 43.9 Å². The highest BCUT2D eigenvalue weighted by atomic mass is 16.5. The van der Waals surface area contributed by atoms with E-state index in [1.54, 1.807) is 19.2 Å². The number of benzene rings is 3. The molecule has 3 aromatic carbocycles. The molecule has 0 saturated carbocycles. The Morgan fingerprint density at radius 3 is 2.28 bits per heavy atom. The molecule has 1 fully saturated rings. The van der Waals surface area contributed by atoms with E-state index in [0.29, 0.717) is 13.0 Å². The number of allylic oxidation sites excluding steroid dienone is 1. The zero-order chi connectivity index (χ0) is 32.6. The van der Waals surface area contributed by atoms with Crippen molar-refractivity contribution in [1.29, 1.82) is 0 Å². The molecule has 1 atom stereocenters. The molecule has 0 amide bonds. The third kappa shape index (κ3) is 11.6. The minimum atomic E-state index is -0.937. The first-order valence-corrected chi connectivity index (χ1v) is 16.5. The van der Waals surface area contributed by atoms with E-state index in [1.807, 2.05) is 42.5 Å². The molecule has 4 rings (SSSR count). The average Bonchev–Trinajstić information content (AvgIpc) is 3.08. The Hall–Kier alpha value is -4.30. The fourth-order valence-corrected chi connectivity index (χ4v) is 5.84. The number of piperazine rings is 1. The summed E-state index contributed by atoms with van der Waals surface area (Å²) in [5.74, 6) is 0.235. The second-order valence-electron chi connectivity index (χ2n) is 11.9. The molecule has 1 heterocycles. The topological polar surface area (TPSA) is 99.5 Å². The number of anilines is 1. The van der Waals surface area contributed by atoms with E-state index in [1.165, 1.54) is 5.69 Å². The van der Waals surface area contributed by atoms with E-state index < -0.39 is 11.9 Å². The Morgan fingerprint density at radius 1 is 0.848 bits per heavy atom. The molecule has 46 heavy (non-hydrogen) atoms. The largest absolute Gasteiger partial charge is 0.497 e. The van der Waals surface area contributed by atoms with Gasteiger partial charge in [0.1, 0.15) is 11.5 Å². The van der Waals surface area contributed by atoms with E-state index in [-0.39, 0.29) is 17.9 Å². The van der Waals surface area contributed by atoms with Crippen LogP contribution in [0.25, 0.3) is 6.08 Å². The number of aliphatic carboxylic acids is 1. The molecule has 246 valence electrons. The van der Waals surface area contributed by atoms with Gasteiger partial charge >= 0.3 is 11.9 Å². The van der Waals surface area contributed by atoms with E-state index in [0.717, 1.165) is 93.9 Å². The van der Waals surface area contributed by atoms with Crippen molar-refractivity contribution < 1.29 is 29.3 Å². The average molecular weight is 629 g/mol. The summed E-state index contributed by atoms with van der Waals surface area (Å²) >= 11 is 0. The lowest BCUT2D eigenvalue weighted by Crippen LogP contribution is -2.46. The number of carboxylic acids is 2. The Morgan fingerprint density at radius 2 is 1.59 bits per heavy atom. The van der Waals surface area contributed by atoms with Crippen LogP contribution >= 0.6 is 0 Å². The van der Waals surface area contributed by atoms with Gasteiger partial charge in [-0.05, 0) is 99.0 Å². The fourth-order valence-electron chi connectivity index (χ4n) is 5.84. The van der Waals surface area contributed by atoms with Crippen LogP contribution in [0.2, 0.25) is 0 Å². The van der Waals surface area contributed by atoms with Gasteiger partial charge in [0.25, 0.3) is 0 Å². The van der Waals surface area contributed by atoms with Crippen LogP contribution in [0.15, 0.2) is 78.9 Å². The van der Waals surface area contributed by atoms with Crippen molar-refractivity contribution in [3.8, 4) is 11.5 Å². The van der Waals surface area contributed by atoms with E-state index in [4.69, 9.17) is 14.6 Å². The van der Waals surface area contributed by atoms with E-state index in [2.05, 4.69) is 40.2 Å². The molecular formula is C38H48N2O6. The van der Waals surface area contributed by atoms with E-state index >= 15 is 0 Å². The number of para-hydroxylation sites is 1. The Bertz CT molecular complexity index is 1380. The van der Waals surface area contributed by atoms with Crippen molar-refractivity contribution in [2.24, 2.45) is 5.92 Å². The SMILES string of the molecule is COc1ccc(N2CCN(CCCCCOc3ccccc3C=CC(CCCCC(=O)O)Cc3ccc(C(=O)O)cc3)CC2)cc1. The number of hydrogen-bond acceptors (Lipinski definition) is 6. The van der Waals surface area contributed by atoms with Crippen LogP contribution in [0.5, 0.6) is 11.5 Å². The van der Waals surface area contributed by atoms with Gasteiger partial charge in [0.2, 0.25) is 0 Å². The second-order valence-corrected chi connectivity index (χ2v) is 11.9. The molecule has 0 spiro atoms. The molecule has 0 bridgehead atoms. The highest BCUT2D eigenvalue weighted by Crippen LogP contribution is 2.25. The second kappa shape index (κ2) is 18.6. The zero-order valence-corrected chi connectivity index (χ0v) is 27.0. The summed E-state index contributed by atoms with van der Waals surface area (Å²) < 4.78 is 11.5. The third-order valence-electron chi connectivity index (χ3n) is 8.57. The molecule has 1 unspecified atom stereocenters. The van der Waals surface area contributed by atoms with Crippen molar-refractivity contribution in [3.05, 3.63) is 95.6 Å². The molecule has 8 nitrogen and oxygen atoms in total. The minimum absolute atomic E-state index is 0.168. The van der Waals surface area contributed by atoms with Crippen molar-refractivity contribution >= 4 is 23.7 Å². The van der Waals surface area contributed by atoms with Gasteiger partial charge in [-0.3, -0.25) is 9.69 Å². The number of carboxylic acid groups (broad SMARTS) is 2. The predicted molar refractivity (Wildman–Crippen MR) is 183 cm³/mol. The smallest absolute Gasteiger partial charge is 0.335 e. The number of ether oxygens (including phenoxy) is 2. The fraction of sp³-hybridized carbons (Fsp3) is 0.421. The van der Waals surface area contributed by atoms with Crippen LogP contribution in [0.1, 0.15) is 66.4 Å². The summed E-state index contributed by atoms with van der Waals surface area (Å²) in [6, 6.07) is 23.4. The summed E-state index contributed by atoms with van der Waals surface area (Å²) in [7, 11) is 1.70. The Kier molecular flexibility index (Phi) is 14.0. The first kappa shape index (κ1) is 34.6. The first-order valence-electron chi connectivity index (χ1n) is 16.5. The molecule has 0 aliphatic carbocycles. The number of carbonyl (C=O) groups is 2. The maximum Gasteiger partial charge on any atom is 0.335 e. The van der Waals surface area contributed by atoms with Crippen LogP contribution in [0.4, 0.5) is 5.69 Å². The normalized spacial score (nSPS) is 14.3. The number of methoxy groups -OCH3 is 1. The number of unbranched alkanes of at least 4 members (excludes halogenated alkanes) is 3. The maximum absolute atomic E-state index is 11.2. The van der Waals surface area contributed by atoms with Crippen molar-refractivity contribution in [1.82, 2.24) is 4.90 Å². The Balaban J connectivity index is 1.21. The van der Waals surface area contributed by atoms with Gasteiger partial charge in [-0.15, -0.1) is 0 Å². The van der Waals surface area contributed by atoms with Crippen LogP contribution in [-0.2, 0) is 11.2 Å². The summed E-state index contributed by atoms with van der Waals surface area (Å²) in [6.07, 6.45) is 10.8. The van der Waals surface area contributed by atoms with Gasteiger partial charge in [-0.1, -0.05) is 48.9 Å². The number of nitrogens with zero attached hydrogens (tertiary/aromatic N) is 2. The lowest BCUT2D eigenvalue weighted by atomic mass is 9.92. The van der Waals surface area contributed by atoms with Gasteiger partial charge in [-0.2, -0.15) is 0 Å². The molecular weight excluding hydrogens is 580 g/mol. The van der Waals surface area contributed by atoms with E-state index in [9.17, 15) is 14.7 Å². The summed E-state index contributed by atoms with van der Waals surface area (Å²) in [5, 5.41) is 18.2. The zero-order valence-electron chi connectivity index (χ0n) is 27.0. The summed E-state index contributed by atoms with van der Waals surface area (Å²) in [4.78, 5) is 27.2. The molecule has 1 saturated heterocycles. The lowest BCUT2D eigenvalue weighted by Gasteiger charge is -2.36. The molecule has 1 aliphatic rings. The van der Waals surface area contributed by atoms with Gasteiger partial charge in [-0.25, -0.2) is 4.79 Å². The van der Waals surface area contributed by atoms with Crippen molar-refractivity contribution in [3.63, 3.8) is 0 Å². The number of hydrogen-bond donors (Lipinski definition) is 2. The highest BCUT2D eigenvalue weighted by molar-refractivity contribution is 5.87. The standard InChI is InChI=1S/C38H48N2O6/c1-45-35-21-19-34(20-22-35)40-26-24-39(25-27-40)23-7-2-8-28-46-36-11-5-4-10-32(36)16-13-30(9-3-6-12-37(41)42)29-31-14-17-33(18-15-31)38(43)44/h4-5,10-11,13-22,30H,2-3,6-9,12,23-29H2,1H3,(H,41,42)(H,43,44). The monoisotopic (exact) mass is 628 g/mol. The molecule has 0 aromatic heterocycles. The molecule has 0 radical (unpaired) electrons. The van der Waals surface area contributed by atoms with Gasteiger partial charge in [0.05, 0.1) is 19.3 Å². The third-order valence-corrected chi connectivity index (χ3v) is 8.57. The quantitative estimate of drug-likeness (QED) is 0.134. The summed E-state index contributed by atoms with van der Waals surface area (Å²) in [5.41, 5.74) is 3.61. The minimum Gasteiger partial charge on any atom is -0.497 e. The summed E-state index contributed by atoms with van der Waals surface area (Å²) in [6.45, 7) is 6.03. The maximum atomic E-state index is 11.2. The highest BCUT2D eigenvalue weighted by Gasteiger charge is 2.17. The van der Waals surface area contributed by atoms with Crippen LogP contribution < -0.4 is 14.4 Å². The van der Waals surface area contributed by atoms with Crippen molar-refractivity contribution in [2.75, 3.05) is 51.3 Å². The molecule has 2 N–H and O–H groups in total. The van der Waals surface area contributed by atoms with Gasteiger partial charge < -0.3 is 24.6 Å². The number of rotatable bonds is 19. The van der Waals surface area contributed by atoms with Crippen molar-refractivity contribution in [2.45, 2.75) is 51.4 Å². The number of aromatic carboxylic acids is 1.